The SMILES string of the molecule is O=C(Cc1ccc(F)cc1)Nc1nc2c(Cl)ccc(Cl)c2s1. The highest BCUT2D eigenvalue weighted by Gasteiger charge is 2.13. The molecule has 0 bridgehead atoms. The number of nitrogens with one attached hydrogen (secondary N) is 1. The Bertz CT molecular complexity index is 810. The monoisotopic (exact) mass is 354 g/mol. The summed E-state index contributed by atoms with van der Waals surface area (Å²) in [7, 11) is 0. The van der Waals surface area contributed by atoms with Gasteiger partial charge in [-0.2, -0.15) is 0 Å². The first-order chi connectivity index (χ1) is 10.5. The molecule has 22 heavy (non-hydrogen) atoms. The fraction of sp³-hybridized carbons (Fsp3) is 0.0667. The molecular formula is C15H9Cl2FN2OS. The maximum absolute atomic E-state index is 12.8. The molecule has 0 unspecified atom stereocenters. The number of benzene rings is 2. The largest absolute Gasteiger partial charge is 0.302 e. The van der Waals surface area contributed by atoms with Gasteiger partial charge in [-0.15, -0.1) is 0 Å². The van der Waals surface area contributed by atoms with Gasteiger partial charge in [-0.05, 0) is 29.8 Å². The Morgan fingerprint density at radius 2 is 1.82 bits per heavy atom. The van der Waals surface area contributed by atoms with Crippen molar-refractivity contribution in [2.75, 3.05) is 5.32 Å². The average molecular weight is 355 g/mol. The molecule has 0 radical (unpaired) electrons. The summed E-state index contributed by atoms with van der Waals surface area (Å²) in [4.78, 5) is 16.3. The maximum Gasteiger partial charge on any atom is 0.230 e. The van der Waals surface area contributed by atoms with Crippen molar-refractivity contribution in [3.63, 3.8) is 0 Å². The van der Waals surface area contributed by atoms with E-state index in [1.807, 2.05) is 0 Å². The number of rotatable bonds is 3. The first-order valence-electron chi connectivity index (χ1n) is 6.32. The van der Waals surface area contributed by atoms with Gasteiger partial charge in [-0.3, -0.25) is 4.79 Å². The molecule has 1 N–H and O–H groups in total. The number of aromatic nitrogens is 1. The highest BCUT2D eigenvalue weighted by Crippen LogP contribution is 2.35. The van der Waals surface area contributed by atoms with Crippen LogP contribution >= 0.6 is 34.5 Å². The Kier molecular flexibility index (Phi) is 4.29. The Labute approximate surface area is 139 Å². The number of hydrogen-bond donors (Lipinski definition) is 1. The number of carbonyl (C=O) groups excluding carboxylic acids is 1. The van der Waals surface area contributed by atoms with Crippen LogP contribution in [0.4, 0.5) is 9.52 Å². The van der Waals surface area contributed by atoms with Crippen molar-refractivity contribution in [1.29, 1.82) is 0 Å². The quantitative estimate of drug-likeness (QED) is 0.724. The highest BCUT2D eigenvalue weighted by atomic mass is 35.5. The third-order valence-corrected chi connectivity index (χ3v) is 4.71. The molecule has 0 aliphatic heterocycles. The molecule has 7 heteroatoms. The molecule has 0 saturated heterocycles. The summed E-state index contributed by atoms with van der Waals surface area (Å²) in [5, 5.41) is 4.15. The zero-order chi connectivity index (χ0) is 15.7. The van der Waals surface area contributed by atoms with Gasteiger partial charge >= 0.3 is 0 Å². The van der Waals surface area contributed by atoms with Crippen LogP contribution in [0, 0.1) is 5.82 Å². The van der Waals surface area contributed by atoms with Gasteiger partial charge < -0.3 is 5.32 Å². The Hall–Kier alpha value is -1.69. The third kappa shape index (κ3) is 3.21. The fourth-order valence-corrected chi connectivity index (χ4v) is 3.39. The van der Waals surface area contributed by atoms with Gasteiger partial charge in [0.05, 0.1) is 21.2 Å². The number of amides is 1. The van der Waals surface area contributed by atoms with Gasteiger partial charge in [0, 0.05) is 0 Å². The fourth-order valence-electron chi connectivity index (χ4n) is 1.95. The van der Waals surface area contributed by atoms with Crippen LogP contribution in [0.25, 0.3) is 10.2 Å². The molecule has 0 saturated carbocycles. The van der Waals surface area contributed by atoms with Gasteiger partial charge in [0.2, 0.25) is 5.91 Å². The van der Waals surface area contributed by atoms with Crippen LogP contribution in [0.5, 0.6) is 0 Å². The minimum Gasteiger partial charge on any atom is -0.302 e. The molecule has 1 amide bonds. The summed E-state index contributed by atoms with van der Waals surface area (Å²) in [6, 6.07) is 9.13. The van der Waals surface area contributed by atoms with Crippen LogP contribution < -0.4 is 5.32 Å². The molecule has 1 aromatic heterocycles. The van der Waals surface area contributed by atoms with Crippen molar-refractivity contribution in [2.45, 2.75) is 6.42 Å². The minimum absolute atomic E-state index is 0.137. The number of thiazole rings is 1. The molecule has 0 spiro atoms. The molecule has 0 aliphatic rings. The zero-order valence-electron chi connectivity index (χ0n) is 11.1. The molecule has 0 fully saturated rings. The number of nitrogens with zero attached hydrogens (tertiary/aromatic N) is 1. The number of hydrogen-bond acceptors (Lipinski definition) is 3. The van der Waals surface area contributed by atoms with Gasteiger partial charge in [0.25, 0.3) is 0 Å². The summed E-state index contributed by atoms with van der Waals surface area (Å²) in [5.74, 6) is -0.572. The second-order valence-electron chi connectivity index (χ2n) is 4.58. The Balaban J connectivity index is 1.78. The van der Waals surface area contributed by atoms with E-state index in [0.29, 0.717) is 20.7 Å². The lowest BCUT2D eigenvalue weighted by Crippen LogP contribution is -2.14. The summed E-state index contributed by atoms with van der Waals surface area (Å²) < 4.78 is 13.6. The van der Waals surface area contributed by atoms with E-state index in [4.69, 9.17) is 23.2 Å². The summed E-state index contributed by atoms with van der Waals surface area (Å²) in [6.45, 7) is 0. The third-order valence-electron chi connectivity index (χ3n) is 2.97. The zero-order valence-corrected chi connectivity index (χ0v) is 13.4. The topological polar surface area (TPSA) is 42.0 Å². The summed E-state index contributed by atoms with van der Waals surface area (Å²) in [6.07, 6.45) is 0.137. The highest BCUT2D eigenvalue weighted by molar-refractivity contribution is 7.23. The van der Waals surface area contributed by atoms with Crippen LogP contribution in [0.1, 0.15) is 5.56 Å². The van der Waals surface area contributed by atoms with Crippen molar-refractivity contribution < 1.29 is 9.18 Å². The van der Waals surface area contributed by atoms with E-state index >= 15 is 0 Å². The van der Waals surface area contributed by atoms with Crippen molar-refractivity contribution in [3.05, 3.63) is 57.8 Å². The van der Waals surface area contributed by atoms with Crippen LogP contribution in [0.2, 0.25) is 10.0 Å². The second-order valence-corrected chi connectivity index (χ2v) is 6.39. The molecule has 3 nitrogen and oxygen atoms in total. The van der Waals surface area contributed by atoms with E-state index in [2.05, 4.69) is 10.3 Å². The first-order valence-corrected chi connectivity index (χ1v) is 7.89. The van der Waals surface area contributed by atoms with Crippen LogP contribution in [0.3, 0.4) is 0 Å². The van der Waals surface area contributed by atoms with E-state index in [9.17, 15) is 9.18 Å². The standard InChI is InChI=1S/C15H9Cl2FN2OS/c16-10-5-6-11(17)14-13(10)20-15(22-14)19-12(21)7-8-1-3-9(18)4-2-8/h1-6H,7H2,(H,19,20,21). The Morgan fingerprint density at radius 3 is 2.50 bits per heavy atom. The smallest absolute Gasteiger partial charge is 0.230 e. The van der Waals surface area contributed by atoms with Gasteiger partial charge in [0.15, 0.2) is 5.13 Å². The number of fused-ring (bicyclic) bond motifs is 1. The van der Waals surface area contributed by atoms with E-state index in [0.717, 1.165) is 10.3 Å². The molecule has 1 heterocycles. The van der Waals surface area contributed by atoms with Crippen molar-refractivity contribution in [2.24, 2.45) is 0 Å². The van der Waals surface area contributed by atoms with Crippen LogP contribution in [-0.4, -0.2) is 10.9 Å². The minimum atomic E-state index is -0.334. The number of anilines is 1. The summed E-state index contributed by atoms with van der Waals surface area (Å²) >= 11 is 13.4. The molecule has 3 aromatic rings. The van der Waals surface area contributed by atoms with Crippen LogP contribution in [0.15, 0.2) is 36.4 Å². The van der Waals surface area contributed by atoms with E-state index in [1.54, 1.807) is 24.3 Å². The molecule has 0 atom stereocenters. The molecular weight excluding hydrogens is 346 g/mol. The molecule has 3 rings (SSSR count). The number of halogens is 3. The summed E-state index contributed by atoms with van der Waals surface area (Å²) in [5.41, 5.74) is 1.28. The van der Waals surface area contributed by atoms with Crippen molar-refractivity contribution in [1.82, 2.24) is 4.98 Å². The maximum atomic E-state index is 12.8. The Morgan fingerprint density at radius 1 is 1.14 bits per heavy atom. The second kappa shape index (κ2) is 6.20. The molecule has 0 aliphatic carbocycles. The molecule has 112 valence electrons. The van der Waals surface area contributed by atoms with E-state index in [-0.39, 0.29) is 18.1 Å². The van der Waals surface area contributed by atoms with Crippen molar-refractivity contribution in [3.8, 4) is 0 Å². The van der Waals surface area contributed by atoms with Crippen LogP contribution in [-0.2, 0) is 11.2 Å². The lowest BCUT2D eigenvalue weighted by atomic mass is 10.1. The lowest BCUT2D eigenvalue weighted by molar-refractivity contribution is -0.115. The van der Waals surface area contributed by atoms with Gasteiger partial charge in [-0.1, -0.05) is 46.7 Å². The normalized spacial score (nSPS) is 10.9. The first kappa shape index (κ1) is 15.2. The van der Waals surface area contributed by atoms with E-state index in [1.165, 1.54) is 23.5 Å². The van der Waals surface area contributed by atoms with Crippen molar-refractivity contribution >= 4 is 55.8 Å². The predicted molar refractivity (Wildman–Crippen MR) is 88.4 cm³/mol. The van der Waals surface area contributed by atoms with Gasteiger partial charge in [-0.25, -0.2) is 9.37 Å². The molecule has 2 aromatic carbocycles. The number of carbonyl (C=O) groups is 1. The lowest BCUT2D eigenvalue weighted by Gasteiger charge is -2.01. The predicted octanol–water partition coefficient (Wildman–Crippen LogP) is 4.92. The van der Waals surface area contributed by atoms with E-state index < -0.39 is 0 Å². The van der Waals surface area contributed by atoms with Gasteiger partial charge in [0.1, 0.15) is 11.3 Å². The average Bonchev–Trinajstić information content (AvgIpc) is 2.90.